The van der Waals surface area contributed by atoms with Crippen molar-refractivity contribution in [1.29, 1.82) is 0 Å². The molecule has 0 aromatic rings. The average Bonchev–Trinajstić information content (AvgIpc) is 1.98. The molecule has 1 amide bonds. The minimum Gasteiger partial charge on any atom is -0.395 e. The van der Waals surface area contributed by atoms with Gasteiger partial charge in [0.1, 0.15) is 6.67 Å². The van der Waals surface area contributed by atoms with Crippen molar-refractivity contribution < 1.29 is 18.7 Å². The molecule has 0 bridgehead atoms. The van der Waals surface area contributed by atoms with Crippen molar-refractivity contribution >= 4 is 5.91 Å². The van der Waals surface area contributed by atoms with Gasteiger partial charge in [-0.3, -0.25) is 4.79 Å². The molecule has 1 unspecified atom stereocenters. The van der Waals surface area contributed by atoms with Gasteiger partial charge in [-0.15, -0.1) is 0 Å². The number of hydrogen-bond acceptors (Lipinski definition) is 2. The summed E-state index contributed by atoms with van der Waals surface area (Å²) < 4.78 is 23.3. The molecule has 5 heteroatoms. The lowest BCUT2D eigenvalue weighted by atomic mass is 10.4. The van der Waals surface area contributed by atoms with Gasteiger partial charge in [0.25, 0.3) is 5.91 Å². The minimum atomic E-state index is -2.11. The first-order valence-corrected chi connectivity index (χ1v) is 2.81. The lowest BCUT2D eigenvalue weighted by molar-refractivity contribution is -0.126. The Kier molecular flexibility index (Phi) is 4.74. The van der Waals surface area contributed by atoms with E-state index in [0.29, 0.717) is 0 Å². The summed E-state index contributed by atoms with van der Waals surface area (Å²) in [6, 6.07) is 0. The number of halogens is 2. The molecule has 0 spiro atoms. The molecule has 1 atom stereocenters. The van der Waals surface area contributed by atoms with Crippen LogP contribution in [0.3, 0.4) is 0 Å². The van der Waals surface area contributed by atoms with E-state index in [4.69, 9.17) is 5.11 Å². The Labute approximate surface area is 57.0 Å². The zero-order valence-corrected chi connectivity index (χ0v) is 5.31. The van der Waals surface area contributed by atoms with Crippen LogP contribution in [0.2, 0.25) is 0 Å². The zero-order chi connectivity index (χ0) is 7.98. The van der Waals surface area contributed by atoms with Crippen molar-refractivity contribution in [2.75, 3.05) is 19.8 Å². The summed E-state index contributed by atoms with van der Waals surface area (Å²) in [5, 5.41) is 10.1. The zero-order valence-electron chi connectivity index (χ0n) is 5.31. The molecule has 3 nitrogen and oxygen atoms in total. The minimum absolute atomic E-state index is 0.0424. The number of alkyl halides is 2. The van der Waals surface area contributed by atoms with Crippen molar-refractivity contribution in [1.82, 2.24) is 5.32 Å². The third-order valence-electron chi connectivity index (χ3n) is 0.831. The third kappa shape index (κ3) is 3.34. The van der Waals surface area contributed by atoms with Gasteiger partial charge in [-0.25, -0.2) is 8.78 Å². The van der Waals surface area contributed by atoms with E-state index in [2.05, 4.69) is 0 Å². The second-order valence-corrected chi connectivity index (χ2v) is 1.64. The molecule has 0 aliphatic rings. The van der Waals surface area contributed by atoms with Crippen molar-refractivity contribution in [2.24, 2.45) is 0 Å². The number of carbonyl (C=O) groups is 1. The van der Waals surface area contributed by atoms with Crippen LogP contribution in [0, 0.1) is 0 Å². The molecule has 0 rings (SSSR count). The first-order chi connectivity index (χ1) is 4.72. The van der Waals surface area contributed by atoms with Gasteiger partial charge in [0.05, 0.1) is 6.61 Å². The van der Waals surface area contributed by atoms with E-state index in [1.165, 1.54) is 0 Å². The molecule has 60 valence electrons. The van der Waals surface area contributed by atoms with E-state index in [9.17, 15) is 13.6 Å². The van der Waals surface area contributed by atoms with Crippen LogP contribution < -0.4 is 5.32 Å². The van der Waals surface area contributed by atoms with Gasteiger partial charge < -0.3 is 10.4 Å². The summed E-state index contributed by atoms with van der Waals surface area (Å²) >= 11 is 0. The van der Waals surface area contributed by atoms with Gasteiger partial charge in [0, 0.05) is 6.54 Å². The van der Waals surface area contributed by atoms with Crippen molar-refractivity contribution in [3.05, 3.63) is 0 Å². The summed E-state index contributed by atoms with van der Waals surface area (Å²) in [6.07, 6.45) is -2.11. The Hall–Kier alpha value is -0.710. The Bertz CT molecular complexity index is 110. The molecule has 10 heavy (non-hydrogen) atoms. The second kappa shape index (κ2) is 5.10. The molecular formula is C5H9F2NO2. The van der Waals surface area contributed by atoms with Crippen LogP contribution in [0.1, 0.15) is 0 Å². The van der Waals surface area contributed by atoms with Crippen LogP contribution in [-0.4, -0.2) is 37.0 Å². The first kappa shape index (κ1) is 9.29. The molecule has 0 saturated heterocycles. The topological polar surface area (TPSA) is 49.3 Å². The molecule has 0 aliphatic carbocycles. The molecule has 0 aromatic carbocycles. The Balaban J connectivity index is 3.42. The van der Waals surface area contributed by atoms with Crippen LogP contribution >= 0.6 is 0 Å². The highest BCUT2D eigenvalue weighted by atomic mass is 19.2. The molecule has 0 fully saturated rings. The fourth-order valence-electron chi connectivity index (χ4n) is 0.360. The van der Waals surface area contributed by atoms with Crippen molar-refractivity contribution in [3.8, 4) is 0 Å². The summed E-state index contributed by atoms with van der Waals surface area (Å²) in [7, 11) is 0. The lowest BCUT2D eigenvalue weighted by Crippen LogP contribution is -2.34. The maximum atomic E-state index is 12.0. The van der Waals surface area contributed by atoms with Crippen LogP contribution in [0.5, 0.6) is 0 Å². The SMILES string of the molecule is O=C(NCCO)C(F)CF. The highest BCUT2D eigenvalue weighted by Crippen LogP contribution is 1.90. The maximum Gasteiger partial charge on any atom is 0.257 e. The number of amides is 1. The Morgan fingerprint density at radius 2 is 2.30 bits per heavy atom. The van der Waals surface area contributed by atoms with Crippen LogP contribution in [0.15, 0.2) is 0 Å². The van der Waals surface area contributed by atoms with E-state index in [-0.39, 0.29) is 13.2 Å². The molecule has 2 N–H and O–H groups in total. The first-order valence-electron chi connectivity index (χ1n) is 2.81. The van der Waals surface area contributed by atoms with Gasteiger partial charge in [-0.2, -0.15) is 0 Å². The Morgan fingerprint density at radius 1 is 1.70 bits per heavy atom. The maximum absolute atomic E-state index is 12.0. The molecule has 0 aromatic heterocycles. The number of nitrogens with one attached hydrogen (secondary N) is 1. The van der Waals surface area contributed by atoms with E-state index in [1.807, 2.05) is 5.32 Å². The molecule has 0 heterocycles. The number of rotatable bonds is 4. The van der Waals surface area contributed by atoms with E-state index in [0.717, 1.165) is 0 Å². The average molecular weight is 153 g/mol. The van der Waals surface area contributed by atoms with Gasteiger partial charge in [0.15, 0.2) is 0 Å². The summed E-state index contributed by atoms with van der Waals surface area (Å²) in [6.45, 7) is -1.64. The summed E-state index contributed by atoms with van der Waals surface area (Å²) in [5.41, 5.74) is 0. The largest absolute Gasteiger partial charge is 0.395 e. The quantitative estimate of drug-likeness (QED) is 0.566. The predicted octanol–water partition coefficient (Wildman–Crippen LogP) is -0.598. The summed E-state index contributed by atoms with van der Waals surface area (Å²) in [4.78, 5) is 10.3. The highest BCUT2D eigenvalue weighted by molar-refractivity contribution is 5.80. The van der Waals surface area contributed by atoms with Crippen LogP contribution in [0.4, 0.5) is 8.78 Å². The van der Waals surface area contributed by atoms with Gasteiger partial charge in [-0.1, -0.05) is 0 Å². The number of aliphatic hydroxyl groups is 1. The molecule has 0 radical (unpaired) electrons. The normalized spacial score (nSPS) is 12.7. The molecule has 0 saturated carbocycles. The van der Waals surface area contributed by atoms with E-state index < -0.39 is 18.8 Å². The van der Waals surface area contributed by atoms with Gasteiger partial charge in [-0.05, 0) is 0 Å². The number of carbonyl (C=O) groups excluding carboxylic acids is 1. The smallest absolute Gasteiger partial charge is 0.257 e. The van der Waals surface area contributed by atoms with Gasteiger partial charge >= 0.3 is 0 Å². The van der Waals surface area contributed by atoms with Crippen molar-refractivity contribution in [3.63, 3.8) is 0 Å². The van der Waals surface area contributed by atoms with Crippen molar-refractivity contribution in [2.45, 2.75) is 6.17 Å². The lowest BCUT2D eigenvalue weighted by Gasteiger charge is -2.03. The van der Waals surface area contributed by atoms with Crippen LogP contribution in [0.25, 0.3) is 0 Å². The second-order valence-electron chi connectivity index (χ2n) is 1.64. The number of hydrogen-bond donors (Lipinski definition) is 2. The predicted molar refractivity (Wildman–Crippen MR) is 31.0 cm³/mol. The highest BCUT2D eigenvalue weighted by Gasteiger charge is 2.14. The number of aliphatic hydroxyl groups excluding tert-OH is 1. The van der Waals surface area contributed by atoms with E-state index >= 15 is 0 Å². The summed E-state index contributed by atoms with van der Waals surface area (Å²) in [5.74, 6) is -1.02. The van der Waals surface area contributed by atoms with E-state index in [1.54, 1.807) is 0 Å². The molecular weight excluding hydrogens is 144 g/mol. The molecule has 0 aliphatic heterocycles. The standard InChI is InChI=1S/C5H9F2NO2/c6-3-4(7)5(10)8-1-2-9/h4,9H,1-3H2,(H,8,10). The van der Waals surface area contributed by atoms with Gasteiger partial charge in [0.2, 0.25) is 6.17 Å². The monoisotopic (exact) mass is 153 g/mol. The Morgan fingerprint density at radius 3 is 2.70 bits per heavy atom. The fourth-order valence-corrected chi connectivity index (χ4v) is 0.360. The third-order valence-corrected chi connectivity index (χ3v) is 0.831. The fraction of sp³-hybridized carbons (Fsp3) is 0.800. The van der Waals surface area contributed by atoms with Crippen LogP contribution in [-0.2, 0) is 4.79 Å².